The number of anilines is 2. The monoisotopic (exact) mass is 267 g/mol. The zero-order valence-corrected chi connectivity index (χ0v) is 10.5. The maximum absolute atomic E-state index is 11.6. The van der Waals surface area contributed by atoms with Crippen molar-refractivity contribution >= 4 is 27.1 Å². The molecule has 1 unspecified atom stereocenters. The number of pyridine rings is 1. The lowest BCUT2D eigenvalue weighted by Gasteiger charge is -2.34. The molecule has 7 heteroatoms. The number of rotatable bonds is 1. The number of hydrogen-bond donors (Lipinski definition) is 1. The first-order chi connectivity index (χ1) is 8.55. The van der Waals surface area contributed by atoms with Crippen molar-refractivity contribution in [3.8, 4) is 0 Å². The number of nitrogens with one attached hydrogen (secondary N) is 1. The van der Waals surface area contributed by atoms with Gasteiger partial charge in [-0.05, 0) is 12.5 Å². The van der Waals surface area contributed by atoms with Gasteiger partial charge in [0, 0.05) is 12.2 Å². The van der Waals surface area contributed by atoms with Crippen molar-refractivity contribution in [2.24, 2.45) is 0 Å². The maximum Gasteiger partial charge on any atom is 0.244 e. The Bertz CT molecular complexity index is 599. The second-order valence-electron chi connectivity index (χ2n) is 4.63. The van der Waals surface area contributed by atoms with Crippen LogP contribution in [0.2, 0.25) is 0 Å². The van der Waals surface area contributed by atoms with E-state index in [-0.39, 0.29) is 30.0 Å². The zero-order valence-electron chi connectivity index (χ0n) is 9.67. The highest BCUT2D eigenvalue weighted by Gasteiger charge is 2.35. The molecule has 1 N–H and O–H groups in total. The summed E-state index contributed by atoms with van der Waals surface area (Å²) in [4.78, 5) is 17.5. The van der Waals surface area contributed by atoms with E-state index in [1.807, 2.05) is 4.90 Å². The summed E-state index contributed by atoms with van der Waals surface area (Å²) in [6.07, 6.45) is 3.81. The van der Waals surface area contributed by atoms with Crippen molar-refractivity contribution in [3.05, 3.63) is 18.5 Å². The highest BCUT2D eigenvalue weighted by atomic mass is 32.2. The Labute approximate surface area is 105 Å². The molecule has 0 bridgehead atoms. The van der Waals surface area contributed by atoms with E-state index >= 15 is 0 Å². The molecule has 0 aromatic carbocycles. The van der Waals surface area contributed by atoms with Gasteiger partial charge in [0.1, 0.15) is 0 Å². The molecule has 1 amide bonds. The van der Waals surface area contributed by atoms with Crippen molar-refractivity contribution in [2.45, 2.75) is 12.5 Å². The average Bonchev–Trinajstić information content (AvgIpc) is 2.68. The number of amides is 1. The van der Waals surface area contributed by atoms with Gasteiger partial charge in [0.2, 0.25) is 5.91 Å². The largest absolute Gasteiger partial charge is 0.356 e. The molecule has 2 aliphatic heterocycles. The maximum atomic E-state index is 11.6. The van der Waals surface area contributed by atoms with Gasteiger partial charge in [0.05, 0.1) is 35.6 Å². The quantitative estimate of drug-likeness (QED) is 0.776. The summed E-state index contributed by atoms with van der Waals surface area (Å²) >= 11 is 0. The fraction of sp³-hybridized carbons (Fsp3) is 0.455. The predicted molar refractivity (Wildman–Crippen MR) is 67.3 cm³/mol. The number of sulfone groups is 1. The third-order valence-electron chi connectivity index (χ3n) is 3.34. The van der Waals surface area contributed by atoms with Crippen molar-refractivity contribution in [2.75, 3.05) is 28.3 Å². The third-order valence-corrected chi connectivity index (χ3v) is 5.10. The van der Waals surface area contributed by atoms with Gasteiger partial charge >= 0.3 is 0 Å². The molecule has 0 radical (unpaired) electrons. The highest BCUT2D eigenvalue weighted by Crippen LogP contribution is 2.32. The first kappa shape index (κ1) is 11.5. The minimum absolute atomic E-state index is 0.109. The van der Waals surface area contributed by atoms with Gasteiger partial charge < -0.3 is 10.2 Å². The van der Waals surface area contributed by atoms with E-state index in [2.05, 4.69) is 10.3 Å². The first-order valence-corrected chi connectivity index (χ1v) is 7.58. The fourth-order valence-electron chi connectivity index (χ4n) is 2.51. The summed E-state index contributed by atoms with van der Waals surface area (Å²) < 4.78 is 23.1. The van der Waals surface area contributed by atoms with Crippen LogP contribution in [0.15, 0.2) is 18.5 Å². The minimum Gasteiger partial charge on any atom is -0.356 e. The fourth-order valence-corrected chi connectivity index (χ4v) is 4.24. The number of aromatic nitrogens is 1. The highest BCUT2D eigenvalue weighted by molar-refractivity contribution is 7.91. The standard InChI is InChI=1S/C11H13N3O3S/c15-11-6-14(8-2-4-18(16,17)7-8)10-1-3-12-5-9(10)13-11/h1,3,5,8H,2,4,6-7H2,(H,13,15). The molecule has 1 aromatic heterocycles. The molecular weight excluding hydrogens is 254 g/mol. The van der Waals surface area contributed by atoms with E-state index in [9.17, 15) is 13.2 Å². The Morgan fingerprint density at radius 1 is 1.44 bits per heavy atom. The molecule has 18 heavy (non-hydrogen) atoms. The van der Waals surface area contributed by atoms with Crippen LogP contribution < -0.4 is 10.2 Å². The number of fused-ring (bicyclic) bond motifs is 1. The molecular formula is C11H13N3O3S. The van der Waals surface area contributed by atoms with Crippen LogP contribution in [0.25, 0.3) is 0 Å². The molecule has 2 aliphatic rings. The van der Waals surface area contributed by atoms with E-state index < -0.39 is 9.84 Å². The molecule has 0 aliphatic carbocycles. The molecule has 1 atom stereocenters. The van der Waals surface area contributed by atoms with Crippen LogP contribution in [0.5, 0.6) is 0 Å². The smallest absolute Gasteiger partial charge is 0.244 e. The van der Waals surface area contributed by atoms with Gasteiger partial charge in [-0.1, -0.05) is 0 Å². The van der Waals surface area contributed by atoms with E-state index in [1.54, 1.807) is 18.5 Å². The molecule has 1 saturated heterocycles. The second kappa shape index (κ2) is 3.94. The first-order valence-electron chi connectivity index (χ1n) is 5.76. The van der Waals surface area contributed by atoms with Crippen LogP contribution in [-0.4, -0.2) is 43.4 Å². The Morgan fingerprint density at radius 2 is 2.28 bits per heavy atom. The van der Waals surface area contributed by atoms with Crippen molar-refractivity contribution in [3.63, 3.8) is 0 Å². The Hall–Kier alpha value is -1.63. The number of hydrogen-bond acceptors (Lipinski definition) is 5. The molecule has 3 heterocycles. The van der Waals surface area contributed by atoms with Crippen LogP contribution >= 0.6 is 0 Å². The number of carbonyl (C=O) groups is 1. The second-order valence-corrected chi connectivity index (χ2v) is 6.85. The summed E-state index contributed by atoms with van der Waals surface area (Å²) in [6.45, 7) is 0.206. The predicted octanol–water partition coefficient (Wildman–Crippen LogP) is 0.0272. The van der Waals surface area contributed by atoms with Crippen molar-refractivity contribution in [1.29, 1.82) is 0 Å². The average molecular weight is 267 g/mol. The molecule has 0 spiro atoms. The normalized spacial score (nSPS) is 25.7. The zero-order chi connectivity index (χ0) is 12.8. The van der Waals surface area contributed by atoms with Crippen LogP contribution in [0, 0.1) is 0 Å². The van der Waals surface area contributed by atoms with Gasteiger partial charge in [-0.25, -0.2) is 8.42 Å². The molecule has 0 saturated carbocycles. The lowest BCUT2D eigenvalue weighted by Crippen LogP contribution is -2.45. The Kier molecular flexibility index (Phi) is 2.51. The number of carbonyl (C=O) groups excluding carboxylic acids is 1. The van der Waals surface area contributed by atoms with Crippen molar-refractivity contribution in [1.82, 2.24) is 4.98 Å². The summed E-state index contributed by atoms with van der Waals surface area (Å²) in [7, 11) is -2.95. The SMILES string of the molecule is O=C1CN(C2CCS(=O)(=O)C2)c2ccncc2N1. The summed E-state index contributed by atoms with van der Waals surface area (Å²) in [6, 6.07) is 1.70. The van der Waals surface area contributed by atoms with Crippen LogP contribution in [0.3, 0.4) is 0 Å². The van der Waals surface area contributed by atoms with Crippen LogP contribution in [-0.2, 0) is 14.6 Å². The van der Waals surface area contributed by atoms with Gasteiger partial charge in [-0.3, -0.25) is 9.78 Å². The molecule has 96 valence electrons. The molecule has 6 nitrogen and oxygen atoms in total. The minimum atomic E-state index is -2.95. The lowest BCUT2D eigenvalue weighted by molar-refractivity contribution is -0.115. The summed E-state index contributed by atoms with van der Waals surface area (Å²) in [5, 5.41) is 2.74. The van der Waals surface area contributed by atoms with E-state index in [4.69, 9.17) is 0 Å². The van der Waals surface area contributed by atoms with Crippen LogP contribution in [0.1, 0.15) is 6.42 Å². The van der Waals surface area contributed by atoms with Gasteiger partial charge in [-0.15, -0.1) is 0 Å². The lowest BCUT2D eigenvalue weighted by atomic mass is 10.1. The molecule has 3 rings (SSSR count). The van der Waals surface area contributed by atoms with Crippen molar-refractivity contribution < 1.29 is 13.2 Å². The van der Waals surface area contributed by atoms with Gasteiger partial charge in [0.25, 0.3) is 0 Å². The third kappa shape index (κ3) is 1.94. The van der Waals surface area contributed by atoms with E-state index in [0.717, 1.165) is 5.69 Å². The van der Waals surface area contributed by atoms with Crippen LogP contribution in [0.4, 0.5) is 11.4 Å². The summed E-state index contributed by atoms with van der Waals surface area (Å²) in [5.74, 6) is 0.206. The number of nitrogens with zero attached hydrogens (tertiary/aromatic N) is 2. The Morgan fingerprint density at radius 3 is 3.00 bits per heavy atom. The van der Waals surface area contributed by atoms with Gasteiger partial charge in [0.15, 0.2) is 9.84 Å². The summed E-state index contributed by atoms with van der Waals surface area (Å²) in [5.41, 5.74) is 1.50. The topological polar surface area (TPSA) is 79.4 Å². The molecule has 1 aromatic rings. The van der Waals surface area contributed by atoms with Gasteiger partial charge in [-0.2, -0.15) is 0 Å². The Balaban J connectivity index is 1.96. The molecule has 1 fully saturated rings. The van der Waals surface area contributed by atoms with E-state index in [1.165, 1.54) is 0 Å². The van der Waals surface area contributed by atoms with E-state index in [0.29, 0.717) is 12.1 Å².